The van der Waals surface area contributed by atoms with Gasteiger partial charge in [-0.15, -0.1) is 0 Å². The van der Waals surface area contributed by atoms with Crippen LogP contribution in [0, 0.1) is 0 Å². The maximum Gasteiger partial charge on any atom is 0.343 e. The second-order valence-corrected chi connectivity index (χ2v) is 5.17. The van der Waals surface area contributed by atoms with Gasteiger partial charge in [0, 0.05) is 6.20 Å². The maximum atomic E-state index is 12.0. The third-order valence-electron chi connectivity index (χ3n) is 3.14. The molecule has 122 valence electrons. The molecule has 2 rings (SSSR count). The Hall–Kier alpha value is -2.18. The summed E-state index contributed by atoms with van der Waals surface area (Å²) in [5, 5.41) is 12.6. The molecular weight excluding hydrogens is 318 g/mol. The number of esters is 1. The lowest BCUT2D eigenvalue weighted by atomic mass is 10.1. The molecule has 1 heterocycles. The van der Waals surface area contributed by atoms with Crippen molar-refractivity contribution in [2.45, 2.75) is 19.4 Å². The number of rotatable bonds is 7. The van der Waals surface area contributed by atoms with Crippen molar-refractivity contribution < 1.29 is 14.6 Å². The van der Waals surface area contributed by atoms with E-state index in [1.165, 1.54) is 6.20 Å². The van der Waals surface area contributed by atoms with Crippen LogP contribution >= 0.6 is 11.6 Å². The standard InChI is InChI=1S/C16H18ClN3O3/c1-2-23-15(22)13-9-18-16(17)20-14(13)19-12(10-21)8-11-6-4-3-5-7-11/h3-7,9,12,21H,2,8,10H2,1H3,(H,18,19,20)/t12-/m0/s1. The summed E-state index contributed by atoms with van der Waals surface area (Å²) in [6, 6.07) is 9.38. The third-order valence-corrected chi connectivity index (χ3v) is 3.32. The molecule has 1 aromatic heterocycles. The number of carbonyl (C=O) groups is 1. The lowest BCUT2D eigenvalue weighted by Gasteiger charge is -2.18. The number of hydrogen-bond donors (Lipinski definition) is 2. The fourth-order valence-corrected chi connectivity index (χ4v) is 2.22. The van der Waals surface area contributed by atoms with Crippen LogP contribution < -0.4 is 5.32 Å². The Morgan fingerprint density at radius 3 is 2.78 bits per heavy atom. The Morgan fingerprint density at radius 1 is 1.39 bits per heavy atom. The van der Waals surface area contributed by atoms with Gasteiger partial charge in [-0.2, -0.15) is 4.98 Å². The van der Waals surface area contributed by atoms with Crippen LogP contribution in [-0.4, -0.2) is 40.3 Å². The summed E-state index contributed by atoms with van der Waals surface area (Å²) in [5.74, 6) is -0.290. The Balaban J connectivity index is 2.19. The van der Waals surface area contributed by atoms with Crippen molar-refractivity contribution in [2.24, 2.45) is 0 Å². The van der Waals surface area contributed by atoms with Crippen LogP contribution in [0.3, 0.4) is 0 Å². The largest absolute Gasteiger partial charge is 0.462 e. The van der Waals surface area contributed by atoms with E-state index >= 15 is 0 Å². The SMILES string of the molecule is CCOC(=O)c1cnc(Cl)nc1N[C@H](CO)Cc1ccccc1. The highest BCUT2D eigenvalue weighted by Crippen LogP contribution is 2.17. The van der Waals surface area contributed by atoms with Crippen molar-refractivity contribution in [1.82, 2.24) is 9.97 Å². The van der Waals surface area contributed by atoms with E-state index in [2.05, 4.69) is 15.3 Å². The number of ether oxygens (including phenoxy) is 1. The molecule has 0 aliphatic heterocycles. The zero-order valence-electron chi connectivity index (χ0n) is 12.7. The number of anilines is 1. The van der Waals surface area contributed by atoms with Crippen LogP contribution in [0.2, 0.25) is 5.28 Å². The molecule has 0 fully saturated rings. The molecule has 1 aromatic carbocycles. The maximum absolute atomic E-state index is 12.0. The van der Waals surface area contributed by atoms with Gasteiger partial charge in [-0.25, -0.2) is 9.78 Å². The first-order chi connectivity index (χ1) is 11.1. The summed E-state index contributed by atoms with van der Waals surface area (Å²) < 4.78 is 4.98. The molecule has 0 spiro atoms. The molecule has 0 bridgehead atoms. The second kappa shape index (κ2) is 8.45. The number of aliphatic hydroxyl groups excluding tert-OH is 1. The summed E-state index contributed by atoms with van der Waals surface area (Å²) in [6.45, 7) is 1.83. The van der Waals surface area contributed by atoms with Gasteiger partial charge >= 0.3 is 5.97 Å². The number of nitrogens with one attached hydrogen (secondary N) is 1. The molecule has 2 N–H and O–H groups in total. The number of aromatic nitrogens is 2. The minimum absolute atomic E-state index is 0.0111. The van der Waals surface area contributed by atoms with Gasteiger partial charge < -0.3 is 15.2 Å². The molecule has 0 radical (unpaired) electrons. The van der Waals surface area contributed by atoms with E-state index in [1.807, 2.05) is 30.3 Å². The molecule has 7 heteroatoms. The first-order valence-corrected chi connectivity index (χ1v) is 7.62. The second-order valence-electron chi connectivity index (χ2n) is 4.84. The molecule has 2 aromatic rings. The smallest absolute Gasteiger partial charge is 0.343 e. The predicted octanol–water partition coefficient (Wildman–Crippen LogP) is 2.32. The summed E-state index contributed by atoms with van der Waals surface area (Å²) in [4.78, 5) is 19.8. The van der Waals surface area contributed by atoms with Gasteiger partial charge in [0.15, 0.2) is 0 Å². The van der Waals surface area contributed by atoms with Crippen LogP contribution in [0.15, 0.2) is 36.5 Å². The number of aliphatic hydroxyl groups is 1. The normalized spacial score (nSPS) is 11.8. The number of halogens is 1. The molecule has 0 saturated heterocycles. The van der Waals surface area contributed by atoms with Crippen molar-refractivity contribution >= 4 is 23.4 Å². The minimum atomic E-state index is -0.539. The summed E-state index contributed by atoms with van der Waals surface area (Å²) >= 11 is 5.81. The van der Waals surface area contributed by atoms with Crippen molar-refractivity contribution in [3.05, 3.63) is 52.9 Å². The molecule has 1 atom stereocenters. The van der Waals surface area contributed by atoms with Gasteiger partial charge in [-0.1, -0.05) is 30.3 Å². The molecule has 0 amide bonds. The van der Waals surface area contributed by atoms with Crippen LogP contribution in [0.25, 0.3) is 0 Å². The lowest BCUT2D eigenvalue weighted by molar-refractivity contribution is 0.0526. The van der Waals surface area contributed by atoms with Crippen molar-refractivity contribution in [3.63, 3.8) is 0 Å². The minimum Gasteiger partial charge on any atom is -0.462 e. The van der Waals surface area contributed by atoms with E-state index in [1.54, 1.807) is 6.92 Å². The monoisotopic (exact) mass is 335 g/mol. The fourth-order valence-electron chi connectivity index (χ4n) is 2.08. The molecule has 0 aliphatic rings. The van der Waals surface area contributed by atoms with E-state index in [-0.39, 0.29) is 35.9 Å². The van der Waals surface area contributed by atoms with Gasteiger partial charge in [0.1, 0.15) is 11.4 Å². The number of hydrogen-bond acceptors (Lipinski definition) is 6. The Labute approximate surface area is 139 Å². The third kappa shape index (κ3) is 4.91. The first-order valence-electron chi connectivity index (χ1n) is 7.25. The fraction of sp³-hybridized carbons (Fsp3) is 0.312. The van der Waals surface area contributed by atoms with Gasteiger partial charge in [0.2, 0.25) is 5.28 Å². The van der Waals surface area contributed by atoms with E-state index < -0.39 is 5.97 Å². The zero-order chi connectivity index (χ0) is 16.7. The lowest BCUT2D eigenvalue weighted by Crippen LogP contribution is -2.28. The molecule has 0 unspecified atom stereocenters. The highest BCUT2D eigenvalue weighted by Gasteiger charge is 2.18. The Kier molecular flexibility index (Phi) is 6.31. The zero-order valence-corrected chi connectivity index (χ0v) is 13.5. The topological polar surface area (TPSA) is 84.3 Å². The molecule has 6 nitrogen and oxygen atoms in total. The van der Waals surface area contributed by atoms with Crippen LogP contribution in [0.4, 0.5) is 5.82 Å². The molecule has 0 aliphatic carbocycles. The van der Waals surface area contributed by atoms with Gasteiger partial charge in [0.05, 0.1) is 19.3 Å². The van der Waals surface area contributed by atoms with E-state index in [0.717, 1.165) is 5.56 Å². The predicted molar refractivity (Wildman–Crippen MR) is 87.6 cm³/mol. The highest BCUT2D eigenvalue weighted by molar-refractivity contribution is 6.28. The summed E-state index contributed by atoms with van der Waals surface area (Å²) in [6.07, 6.45) is 1.88. The van der Waals surface area contributed by atoms with Crippen LogP contribution in [-0.2, 0) is 11.2 Å². The molecule has 23 heavy (non-hydrogen) atoms. The Morgan fingerprint density at radius 2 is 2.13 bits per heavy atom. The first kappa shape index (κ1) is 17.2. The molecule has 0 saturated carbocycles. The van der Waals surface area contributed by atoms with Crippen LogP contribution in [0.5, 0.6) is 0 Å². The van der Waals surface area contributed by atoms with Gasteiger partial charge in [-0.3, -0.25) is 0 Å². The summed E-state index contributed by atoms with van der Waals surface area (Å²) in [7, 11) is 0. The van der Waals surface area contributed by atoms with E-state index in [0.29, 0.717) is 6.42 Å². The average molecular weight is 336 g/mol. The molecular formula is C16H18ClN3O3. The van der Waals surface area contributed by atoms with E-state index in [9.17, 15) is 9.90 Å². The highest BCUT2D eigenvalue weighted by atomic mass is 35.5. The van der Waals surface area contributed by atoms with Gasteiger partial charge in [-0.05, 0) is 30.5 Å². The van der Waals surface area contributed by atoms with E-state index in [4.69, 9.17) is 16.3 Å². The quantitative estimate of drug-likeness (QED) is 0.596. The van der Waals surface area contributed by atoms with Crippen molar-refractivity contribution in [3.8, 4) is 0 Å². The number of nitrogens with zero attached hydrogens (tertiary/aromatic N) is 2. The van der Waals surface area contributed by atoms with Gasteiger partial charge in [0.25, 0.3) is 0 Å². The van der Waals surface area contributed by atoms with Crippen molar-refractivity contribution in [1.29, 1.82) is 0 Å². The summed E-state index contributed by atoms with van der Waals surface area (Å²) in [5.41, 5.74) is 1.24. The Bertz CT molecular complexity index is 652. The number of benzene rings is 1. The average Bonchev–Trinajstić information content (AvgIpc) is 2.55. The van der Waals surface area contributed by atoms with Crippen molar-refractivity contribution in [2.75, 3.05) is 18.5 Å². The number of carbonyl (C=O) groups excluding carboxylic acids is 1. The van der Waals surface area contributed by atoms with Crippen LogP contribution in [0.1, 0.15) is 22.8 Å².